The molecule has 0 aliphatic carbocycles. The standard InChI is InChI=1S/C14H29N3O/c1-4-5-6-7-12(2)16-14(18)11-17-9-8-15-10-13(17)3/h12-13,15H,4-11H2,1-3H3,(H,16,18)/t12?,13-/m0/s1. The van der Waals surface area contributed by atoms with Crippen molar-refractivity contribution >= 4 is 5.91 Å². The van der Waals surface area contributed by atoms with Crippen molar-refractivity contribution < 1.29 is 4.79 Å². The summed E-state index contributed by atoms with van der Waals surface area (Å²) in [6, 6.07) is 0.766. The maximum Gasteiger partial charge on any atom is 0.234 e. The van der Waals surface area contributed by atoms with Crippen LogP contribution in [0.3, 0.4) is 0 Å². The van der Waals surface area contributed by atoms with E-state index in [9.17, 15) is 4.79 Å². The van der Waals surface area contributed by atoms with Gasteiger partial charge >= 0.3 is 0 Å². The van der Waals surface area contributed by atoms with Gasteiger partial charge in [0.1, 0.15) is 0 Å². The van der Waals surface area contributed by atoms with Gasteiger partial charge in [0.2, 0.25) is 5.91 Å². The number of nitrogens with one attached hydrogen (secondary N) is 2. The Morgan fingerprint density at radius 1 is 1.50 bits per heavy atom. The predicted molar refractivity (Wildman–Crippen MR) is 75.7 cm³/mol. The van der Waals surface area contributed by atoms with Gasteiger partial charge < -0.3 is 10.6 Å². The topological polar surface area (TPSA) is 44.4 Å². The summed E-state index contributed by atoms with van der Waals surface area (Å²) in [4.78, 5) is 14.2. The second-order valence-corrected chi connectivity index (χ2v) is 5.49. The maximum absolute atomic E-state index is 11.9. The fourth-order valence-electron chi connectivity index (χ4n) is 2.40. The van der Waals surface area contributed by atoms with Crippen LogP contribution in [-0.4, -0.2) is 49.1 Å². The molecule has 4 nitrogen and oxygen atoms in total. The van der Waals surface area contributed by atoms with Gasteiger partial charge in [-0.15, -0.1) is 0 Å². The van der Waals surface area contributed by atoms with Gasteiger partial charge in [0.05, 0.1) is 6.54 Å². The minimum Gasteiger partial charge on any atom is -0.353 e. The molecule has 1 heterocycles. The molecule has 2 atom stereocenters. The summed E-state index contributed by atoms with van der Waals surface area (Å²) in [5, 5.41) is 6.45. The number of nitrogens with zero attached hydrogens (tertiary/aromatic N) is 1. The molecule has 1 unspecified atom stereocenters. The van der Waals surface area contributed by atoms with Crippen molar-refractivity contribution in [3.63, 3.8) is 0 Å². The molecule has 0 aromatic carbocycles. The van der Waals surface area contributed by atoms with Gasteiger partial charge in [0, 0.05) is 31.7 Å². The Labute approximate surface area is 111 Å². The Hall–Kier alpha value is -0.610. The lowest BCUT2D eigenvalue weighted by Crippen LogP contribution is -2.53. The molecule has 0 bridgehead atoms. The molecular formula is C14H29N3O. The lowest BCUT2D eigenvalue weighted by molar-refractivity contribution is -0.123. The summed E-state index contributed by atoms with van der Waals surface area (Å²) in [6.07, 6.45) is 4.80. The zero-order valence-corrected chi connectivity index (χ0v) is 12.2. The molecule has 4 heteroatoms. The Morgan fingerprint density at radius 2 is 2.28 bits per heavy atom. The molecule has 1 fully saturated rings. The van der Waals surface area contributed by atoms with Gasteiger partial charge in [0.25, 0.3) is 0 Å². The van der Waals surface area contributed by atoms with E-state index < -0.39 is 0 Å². The number of rotatable bonds is 7. The van der Waals surface area contributed by atoms with E-state index >= 15 is 0 Å². The molecule has 2 N–H and O–H groups in total. The molecule has 1 amide bonds. The second-order valence-electron chi connectivity index (χ2n) is 5.49. The molecule has 0 radical (unpaired) electrons. The van der Waals surface area contributed by atoms with Crippen LogP contribution < -0.4 is 10.6 Å². The van der Waals surface area contributed by atoms with Crippen LogP contribution in [0.5, 0.6) is 0 Å². The molecule has 18 heavy (non-hydrogen) atoms. The normalized spacial score (nSPS) is 22.7. The zero-order valence-electron chi connectivity index (χ0n) is 12.2. The molecule has 1 rings (SSSR count). The lowest BCUT2D eigenvalue weighted by Gasteiger charge is -2.33. The maximum atomic E-state index is 11.9. The highest BCUT2D eigenvalue weighted by molar-refractivity contribution is 5.78. The highest BCUT2D eigenvalue weighted by Crippen LogP contribution is 2.04. The first-order chi connectivity index (χ1) is 8.63. The minimum absolute atomic E-state index is 0.174. The highest BCUT2D eigenvalue weighted by atomic mass is 16.2. The Kier molecular flexibility index (Phi) is 7.28. The van der Waals surface area contributed by atoms with Crippen molar-refractivity contribution in [2.75, 3.05) is 26.2 Å². The van der Waals surface area contributed by atoms with Gasteiger partial charge in [-0.05, 0) is 20.3 Å². The third-order valence-electron chi connectivity index (χ3n) is 3.63. The highest BCUT2D eigenvalue weighted by Gasteiger charge is 2.20. The van der Waals surface area contributed by atoms with E-state index in [1.165, 1.54) is 19.3 Å². The number of piperazine rings is 1. The number of carbonyl (C=O) groups excluding carboxylic acids is 1. The Morgan fingerprint density at radius 3 is 2.94 bits per heavy atom. The monoisotopic (exact) mass is 255 g/mol. The van der Waals surface area contributed by atoms with Crippen molar-refractivity contribution in [3.05, 3.63) is 0 Å². The van der Waals surface area contributed by atoms with Gasteiger partial charge in [-0.25, -0.2) is 0 Å². The van der Waals surface area contributed by atoms with Crippen molar-refractivity contribution in [2.24, 2.45) is 0 Å². The molecule has 0 aromatic rings. The SMILES string of the molecule is CCCCCC(C)NC(=O)CN1CCNC[C@@H]1C. The quantitative estimate of drug-likeness (QED) is 0.675. The lowest BCUT2D eigenvalue weighted by atomic mass is 10.1. The average Bonchev–Trinajstić information content (AvgIpc) is 2.32. The first-order valence-electron chi connectivity index (χ1n) is 7.37. The minimum atomic E-state index is 0.174. The molecule has 1 saturated heterocycles. The van der Waals surface area contributed by atoms with E-state index in [1.807, 2.05) is 0 Å². The van der Waals surface area contributed by atoms with E-state index in [1.54, 1.807) is 0 Å². The summed E-state index contributed by atoms with van der Waals surface area (Å²) in [7, 11) is 0. The van der Waals surface area contributed by atoms with Crippen LogP contribution in [0.15, 0.2) is 0 Å². The van der Waals surface area contributed by atoms with Crippen LogP contribution in [0.2, 0.25) is 0 Å². The Balaban J connectivity index is 2.19. The van der Waals surface area contributed by atoms with Gasteiger partial charge in [-0.2, -0.15) is 0 Å². The van der Waals surface area contributed by atoms with Crippen LogP contribution in [0.4, 0.5) is 0 Å². The molecule has 106 valence electrons. The smallest absolute Gasteiger partial charge is 0.234 e. The Bertz CT molecular complexity index is 245. The van der Waals surface area contributed by atoms with Gasteiger partial charge in [0.15, 0.2) is 0 Å². The van der Waals surface area contributed by atoms with Crippen LogP contribution in [0, 0.1) is 0 Å². The average molecular weight is 255 g/mol. The first-order valence-corrected chi connectivity index (χ1v) is 7.37. The van der Waals surface area contributed by atoms with E-state index in [2.05, 4.69) is 36.3 Å². The van der Waals surface area contributed by atoms with E-state index in [0.29, 0.717) is 18.6 Å². The summed E-state index contributed by atoms with van der Waals surface area (Å²) in [6.45, 7) is 9.97. The van der Waals surface area contributed by atoms with Crippen LogP contribution in [0.1, 0.15) is 46.5 Å². The van der Waals surface area contributed by atoms with Crippen molar-refractivity contribution in [2.45, 2.75) is 58.5 Å². The van der Waals surface area contributed by atoms with Crippen LogP contribution in [-0.2, 0) is 4.79 Å². The first kappa shape index (κ1) is 15.4. The third-order valence-corrected chi connectivity index (χ3v) is 3.63. The van der Waals surface area contributed by atoms with Crippen molar-refractivity contribution in [1.29, 1.82) is 0 Å². The van der Waals surface area contributed by atoms with Crippen LogP contribution in [0.25, 0.3) is 0 Å². The molecule has 0 aromatic heterocycles. The van der Waals surface area contributed by atoms with E-state index in [4.69, 9.17) is 0 Å². The summed E-state index contributed by atoms with van der Waals surface area (Å²) >= 11 is 0. The van der Waals surface area contributed by atoms with Crippen molar-refractivity contribution in [3.8, 4) is 0 Å². The zero-order chi connectivity index (χ0) is 13.4. The van der Waals surface area contributed by atoms with Crippen molar-refractivity contribution in [1.82, 2.24) is 15.5 Å². The number of hydrogen-bond acceptors (Lipinski definition) is 3. The molecule has 1 aliphatic rings. The second kappa shape index (κ2) is 8.48. The van der Waals surface area contributed by atoms with E-state index in [-0.39, 0.29) is 5.91 Å². The van der Waals surface area contributed by atoms with Gasteiger partial charge in [-0.1, -0.05) is 26.2 Å². The van der Waals surface area contributed by atoms with Crippen LogP contribution >= 0.6 is 0 Å². The fourth-order valence-corrected chi connectivity index (χ4v) is 2.40. The number of carbonyl (C=O) groups is 1. The summed E-state index contributed by atoms with van der Waals surface area (Å²) in [5.41, 5.74) is 0. The largest absolute Gasteiger partial charge is 0.353 e. The molecule has 1 aliphatic heterocycles. The predicted octanol–water partition coefficient (Wildman–Crippen LogP) is 1.37. The number of hydrogen-bond donors (Lipinski definition) is 2. The number of amides is 1. The third kappa shape index (κ3) is 5.83. The molecule has 0 spiro atoms. The van der Waals surface area contributed by atoms with E-state index in [0.717, 1.165) is 26.1 Å². The summed E-state index contributed by atoms with van der Waals surface area (Å²) in [5.74, 6) is 0.174. The summed E-state index contributed by atoms with van der Waals surface area (Å²) < 4.78 is 0. The fraction of sp³-hybridized carbons (Fsp3) is 0.929. The molecule has 0 saturated carbocycles. The number of unbranched alkanes of at least 4 members (excludes halogenated alkanes) is 2. The van der Waals surface area contributed by atoms with Gasteiger partial charge in [-0.3, -0.25) is 9.69 Å². The molecular weight excluding hydrogens is 226 g/mol.